The van der Waals surface area contributed by atoms with Gasteiger partial charge in [0.05, 0.1) is 12.0 Å². The van der Waals surface area contributed by atoms with Gasteiger partial charge in [0.15, 0.2) is 0 Å². The highest BCUT2D eigenvalue weighted by Gasteiger charge is 2.30. The van der Waals surface area contributed by atoms with E-state index in [2.05, 4.69) is 10.6 Å². The van der Waals surface area contributed by atoms with Crippen molar-refractivity contribution in [3.8, 4) is 0 Å². The number of carbonyl (C=O) groups excluding carboxylic acids is 2. The Morgan fingerprint density at radius 2 is 1.70 bits per heavy atom. The van der Waals surface area contributed by atoms with Crippen molar-refractivity contribution in [3.05, 3.63) is 70.5 Å². The summed E-state index contributed by atoms with van der Waals surface area (Å²) in [4.78, 5) is 23.7. The fourth-order valence-corrected chi connectivity index (χ4v) is 2.32. The van der Waals surface area contributed by atoms with Crippen molar-refractivity contribution in [1.82, 2.24) is 10.6 Å². The summed E-state index contributed by atoms with van der Waals surface area (Å²) in [5, 5.41) is 5.03. The third-order valence-electron chi connectivity index (χ3n) is 3.79. The van der Waals surface area contributed by atoms with Gasteiger partial charge in [-0.25, -0.2) is 4.39 Å². The van der Waals surface area contributed by atoms with Crippen molar-refractivity contribution in [1.29, 1.82) is 0 Å². The molecule has 0 saturated heterocycles. The highest BCUT2D eigenvalue weighted by atomic mass is 19.4. The van der Waals surface area contributed by atoms with Crippen molar-refractivity contribution >= 4 is 11.8 Å². The maximum atomic E-state index is 13.4. The predicted molar refractivity (Wildman–Crippen MR) is 91.6 cm³/mol. The molecule has 2 aromatic carbocycles. The normalized spacial score (nSPS) is 11.1. The van der Waals surface area contributed by atoms with Gasteiger partial charge in [-0.05, 0) is 36.2 Å². The maximum Gasteiger partial charge on any atom is 0.416 e. The van der Waals surface area contributed by atoms with Crippen LogP contribution in [-0.4, -0.2) is 24.9 Å². The van der Waals surface area contributed by atoms with Crippen molar-refractivity contribution in [2.45, 2.75) is 19.5 Å². The van der Waals surface area contributed by atoms with E-state index in [1.54, 1.807) is 6.92 Å². The Labute approximate surface area is 153 Å². The van der Waals surface area contributed by atoms with Gasteiger partial charge in [0, 0.05) is 18.7 Å². The van der Waals surface area contributed by atoms with Crippen LogP contribution in [0.3, 0.4) is 0 Å². The summed E-state index contributed by atoms with van der Waals surface area (Å²) in [5.74, 6) is -1.44. The zero-order valence-electron chi connectivity index (χ0n) is 14.5. The van der Waals surface area contributed by atoms with E-state index in [-0.39, 0.29) is 30.6 Å². The second kappa shape index (κ2) is 8.66. The average Bonchev–Trinajstić information content (AvgIpc) is 2.60. The summed E-state index contributed by atoms with van der Waals surface area (Å²) in [5.41, 5.74) is 0.00804. The summed E-state index contributed by atoms with van der Waals surface area (Å²) in [7, 11) is 0. The van der Waals surface area contributed by atoms with Crippen LogP contribution in [0.1, 0.15) is 27.0 Å². The van der Waals surface area contributed by atoms with Crippen molar-refractivity contribution in [2.75, 3.05) is 13.1 Å². The fraction of sp³-hybridized carbons (Fsp3) is 0.263. The molecular weight excluding hydrogens is 364 g/mol. The maximum absolute atomic E-state index is 13.4. The van der Waals surface area contributed by atoms with Crippen LogP contribution in [0, 0.1) is 12.7 Å². The second-order valence-corrected chi connectivity index (χ2v) is 5.94. The number of hydrogen-bond acceptors (Lipinski definition) is 2. The molecule has 2 N–H and O–H groups in total. The molecule has 2 aromatic rings. The van der Waals surface area contributed by atoms with E-state index in [9.17, 15) is 27.2 Å². The van der Waals surface area contributed by atoms with Crippen LogP contribution in [0.5, 0.6) is 0 Å². The van der Waals surface area contributed by atoms with Crippen LogP contribution < -0.4 is 10.6 Å². The van der Waals surface area contributed by atoms with E-state index in [0.29, 0.717) is 5.56 Å². The molecule has 2 rings (SSSR count). The molecule has 0 atom stereocenters. The SMILES string of the molecule is Cc1ccc(C(=O)NCCNC(=O)Cc2cccc(C(F)(F)F)c2)cc1F. The lowest BCUT2D eigenvalue weighted by atomic mass is 10.1. The minimum atomic E-state index is -4.47. The molecule has 0 fully saturated rings. The summed E-state index contributed by atoms with van der Waals surface area (Å²) < 4.78 is 51.4. The van der Waals surface area contributed by atoms with Crippen molar-refractivity contribution in [3.63, 3.8) is 0 Å². The standard InChI is InChI=1S/C19H18F4N2O2/c1-12-5-6-14(11-16(12)20)18(27)25-8-7-24-17(26)10-13-3-2-4-15(9-13)19(21,22)23/h2-6,9,11H,7-8,10H2,1H3,(H,24,26)(H,25,27). The van der Waals surface area contributed by atoms with Gasteiger partial charge in [0.2, 0.25) is 5.91 Å². The topological polar surface area (TPSA) is 58.2 Å². The monoisotopic (exact) mass is 382 g/mol. The Kier molecular flexibility index (Phi) is 6.55. The molecule has 0 heterocycles. The molecule has 144 valence electrons. The van der Waals surface area contributed by atoms with Crippen LogP contribution in [-0.2, 0) is 17.4 Å². The molecule has 0 aliphatic carbocycles. The summed E-state index contributed by atoms with van der Waals surface area (Å²) in [6.07, 6.45) is -4.67. The Balaban J connectivity index is 1.78. The van der Waals surface area contributed by atoms with Gasteiger partial charge < -0.3 is 10.6 Å². The number of benzene rings is 2. The summed E-state index contributed by atoms with van der Waals surface area (Å²) in [6.45, 7) is 1.78. The largest absolute Gasteiger partial charge is 0.416 e. The summed E-state index contributed by atoms with van der Waals surface area (Å²) >= 11 is 0. The number of carbonyl (C=O) groups is 2. The molecule has 0 aliphatic rings. The zero-order chi connectivity index (χ0) is 20.0. The van der Waals surface area contributed by atoms with E-state index in [1.807, 2.05) is 0 Å². The Bertz CT molecular complexity index is 835. The Morgan fingerprint density at radius 1 is 1.00 bits per heavy atom. The van der Waals surface area contributed by atoms with Crippen molar-refractivity contribution in [2.24, 2.45) is 0 Å². The molecule has 0 bridgehead atoms. The lowest BCUT2D eigenvalue weighted by molar-refractivity contribution is -0.137. The van der Waals surface area contributed by atoms with Gasteiger partial charge in [0.25, 0.3) is 5.91 Å². The van der Waals surface area contributed by atoms with Gasteiger partial charge in [-0.2, -0.15) is 13.2 Å². The molecule has 0 spiro atoms. The summed E-state index contributed by atoms with van der Waals surface area (Å²) in [6, 6.07) is 8.63. The molecule has 0 saturated carbocycles. The van der Waals surface area contributed by atoms with E-state index in [1.165, 1.54) is 24.3 Å². The number of rotatable bonds is 6. The highest BCUT2D eigenvalue weighted by molar-refractivity contribution is 5.94. The first-order valence-corrected chi connectivity index (χ1v) is 8.14. The molecule has 2 amide bonds. The van der Waals surface area contributed by atoms with E-state index in [4.69, 9.17) is 0 Å². The first kappa shape index (κ1) is 20.4. The minimum absolute atomic E-state index is 0.0951. The number of alkyl halides is 3. The average molecular weight is 382 g/mol. The lowest BCUT2D eigenvalue weighted by Crippen LogP contribution is -2.35. The number of halogens is 4. The molecule has 0 unspecified atom stereocenters. The highest BCUT2D eigenvalue weighted by Crippen LogP contribution is 2.29. The molecule has 4 nitrogen and oxygen atoms in total. The third-order valence-corrected chi connectivity index (χ3v) is 3.79. The Hall–Kier alpha value is -2.90. The van der Waals surface area contributed by atoms with Crippen molar-refractivity contribution < 1.29 is 27.2 Å². The predicted octanol–water partition coefficient (Wildman–Crippen LogP) is 3.24. The molecule has 0 aromatic heterocycles. The van der Waals surface area contributed by atoms with Crippen LogP contribution in [0.25, 0.3) is 0 Å². The quantitative estimate of drug-likeness (QED) is 0.595. The number of hydrogen-bond donors (Lipinski definition) is 2. The van der Waals surface area contributed by atoms with Gasteiger partial charge in [-0.15, -0.1) is 0 Å². The van der Waals surface area contributed by atoms with Gasteiger partial charge >= 0.3 is 6.18 Å². The molecule has 0 aliphatic heterocycles. The molecule has 27 heavy (non-hydrogen) atoms. The Morgan fingerprint density at radius 3 is 2.37 bits per heavy atom. The first-order chi connectivity index (χ1) is 12.7. The number of nitrogens with one attached hydrogen (secondary N) is 2. The number of aryl methyl sites for hydroxylation is 1. The van der Waals surface area contributed by atoms with E-state index in [0.717, 1.165) is 18.2 Å². The third kappa shape index (κ3) is 6.09. The van der Waals surface area contributed by atoms with E-state index < -0.39 is 29.4 Å². The van der Waals surface area contributed by atoms with Crippen LogP contribution >= 0.6 is 0 Å². The van der Waals surface area contributed by atoms with Crippen LogP contribution in [0.15, 0.2) is 42.5 Å². The van der Waals surface area contributed by atoms with Gasteiger partial charge in [0.1, 0.15) is 5.82 Å². The number of amides is 2. The smallest absolute Gasteiger partial charge is 0.354 e. The van der Waals surface area contributed by atoms with E-state index >= 15 is 0 Å². The zero-order valence-corrected chi connectivity index (χ0v) is 14.5. The second-order valence-electron chi connectivity index (χ2n) is 5.94. The fourth-order valence-electron chi connectivity index (χ4n) is 2.32. The van der Waals surface area contributed by atoms with Crippen LogP contribution in [0.2, 0.25) is 0 Å². The minimum Gasteiger partial charge on any atom is -0.354 e. The van der Waals surface area contributed by atoms with Gasteiger partial charge in [-0.3, -0.25) is 9.59 Å². The molecular formula is C19H18F4N2O2. The lowest BCUT2D eigenvalue weighted by Gasteiger charge is -2.10. The molecule has 8 heteroatoms. The first-order valence-electron chi connectivity index (χ1n) is 8.14. The molecule has 0 radical (unpaired) electrons. The van der Waals surface area contributed by atoms with Gasteiger partial charge in [-0.1, -0.05) is 24.3 Å². The van der Waals surface area contributed by atoms with Crippen LogP contribution in [0.4, 0.5) is 17.6 Å².